The molecule has 1 amide bonds. The van der Waals surface area contributed by atoms with E-state index in [1.165, 1.54) is 5.56 Å². The molecule has 0 heterocycles. The first-order valence-electron chi connectivity index (χ1n) is 10.2. The maximum Gasteiger partial charge on any atom is 0.262 e. The van der Waals surface area contributed by atoms with Gasteiger partial charge in [-0.25, -0.2) is 0 Å². The first-order chi connectivity index (χ1) is 14.4. The lowest BCUT2D eigenvalue weighted by Crippen LogP contribution is -2.22. The molecule has 0 aliphatic rings. The van der Waals surface area contributed by atoms with Gasteiger partial charge in [0.15, 0.2) is 6.61 Å². The van der Waals surface area contributed by atoms with Crippen molar-refractivity contribution in [3.63, 3.8) is 0 Å². The number of amides is 1. The Balaban J connectivity index is 1.52. The Bertz CT molecular complexity index is 961. The number of carbonyl (C=O) groups is 1. The summed E-state index contributed by atoms with van der Waals surface area (Å²) in [5.74, 6) is 1.25. The smallest absolute Gasteiger partial charge is 0.262 e. The molecule has 0 saturated carbocycles. The first kappa shape index (κ1) is 21.4. The summed E-state index contributed by atoms with van der Waals surface area (Å²) in [7, 11) is 0. The highest BCUT2D eigenvalue weighted by Crippen LogP contribution is 2.30. The van der Waals surface area contributed by atoms with E-state index in [-0.39, 0.29) is 17.9 Å². The topological polar surface area (TPSA) is 47.6 Å². The minimum absolute atomic E-state index is 0.0494. The molecule has 0 aromatic heterocycles. The monoisotopic (exact) mass is 403 g/mol. The number of para-hydroxylation sites is 1. The molecule has 0 aliphatic carbocycles. The average molecular weight is 404 g/mol. The van der Waals surface area contributed by atoms with Crippen LogP contribution in [0.2, 0.25) is 0 Å². The largest absolute Gasteiger partial charge is 0.493 e. The van der Waals surface area contributed by atoms with E-state index in [1.54, 1.807) is 0 Å². The maximum atomic E-state index is 12.4. The van der Waals surface area contributed by atoms with Crippen LogP contribution in [0.4, 0.5) is 5.69 Å². The maximum absolute atomic E-state index is 12.4. The SMILES string of the molecule is CC(C)(C)c1ccccc1OCC(=O)Nc1cccc(OCCc2ccccc2)c1. The van der Waals surface area contributed by atoms with Gasteiger partial charge in [-0.05, 0) is 34.7 Å². The van der Waals surface area contributed by atoms with Gasteiger partial charge in [-0.1, -0.05) is 75.4 Å². The van der Waals surface area contributed by atoms with Crippen molar-refractivity contribution >= 4 is 11.6 Å². The number of ether oxygens (including phenoxy) is 2. The molecule has 3 aromatic rings. The molecule has 3 rings (SSSR count). The highest BCUT2D eigenvalue weighted by molar-refractivity contribution is 5.92. The fourth-order valence-electron chi connectivity index (χ4n) is 3.15. The zero-order valence-electron chi connectivity index (χ0n) is 17.9. The van der Waals surface area contributed by atoms with Gasteiger partial charge in [-0.15, -0.1) is 0 Å². The second-order valence-electron chi connectivity index (χ2n) is 8.19. The molecule has 0 radical (unpaired) electrons. The van der Waals surface area contributed by atoms with Gasteiger partial charge in [0.25, 0.3) is 5.91 Å². The highest BCUT2D eigenvalue weighted by Gasteiger charge is 2.18. The van der Waals surface area contributed by atoms with Crippen molar-refractivity contribution in [2.75, 3.05) is 18.5 Å². The van der Waals surface area contributed by atoms with E-state index in [0.29, 0.717) is 12.3 Å². The molecule has 4 nitrogen and oxygen atoms in total. The number of anilines is 1. The van der Waals surface area contributed by atoms with Crippen LogP contribution in [0.3, 0.4) is 0 Å². The Hall–Kier alpha value is -3.27. The standard InChI is InChI=1S/C26H29NO3/c1-26(2,3)23-14-7-8-15-24(23)30-19-25(28)27-21-12-9-13-22(18-21)29-17-16-20-10-5-4-6-11-20/h4-15,18H,16-17,19H2,1-3H3,(H,27,28). The van der Waals surface area contributed by atoms with E-state index in [0.717, 1.165) is 23.5 Å². The molecule has 156 valence electrons. The molecule has 0 bridgehead atoms. The van der Waals surface area contributed by atoms with Crippen molar-refractivity contribution < 1.29 is 14.3 Å². The predicted molar refractivity (Wildman–Crippen MR) is 121 cm³/mol. The lowest BCUT2D eigenvalue weighted by atomic mass is 9.86. The van der Waals surface area contributed by atoms with Gasteiger partial charge in [0.2, 0.25) is 0 Å². The van der Waals surface area contributed by atoms with Crippen LogP contribution in [0.1, 0.15) is 31.9 Å². The van der Waals surface area contributed by atoms with Crippen molar-refractivity contribution in [3.05, 3.63) is 90.0 Å². The fourth-order valence-corrected chi connectivity index (χ4v) is 3.15. The van der Waals surface area contributed by atoms with Crippen LogP contribution in [0.15, 0.2) is 78.9 Å². The predicted octanol–water partition coefficient (Wildman–Crippen LogP) is 5.62. The number of rotatable bonds is 8. The van der Waals surface area contributed by atoms with Crippen molar-refractivity contribution in [2.45, 2.75) is 32.6 Å². The van der Waals surface area contributed by atoms with Crippen LogP contribution < -0.4 is 14.8 Å². The Morgan fingerprint density at radius 3 is 2.37 bits per heavy atom. The Kier molecular flexibility index (Phi) is 7.12. The average Bonchev–Trinajstić information content (AvgIpc) is 2.73. The molecule has 30 heavy (non-hydrogen) atoms. The number of nitrogens with one attached hydrogen (secondary N) is 1. The zero-order valence-corrected chi connectivity index (χ0v) is 17.9. The van der Waals surface area contributed by atoms with E-state index >= 15 is 0 Å². The van der Waals surface area contributed by atoms with Gasteiger partial charge in [-0.2, -0.15) is 0 Å². The van der Waals surface area contributed by atoms with Crippen LogP contribution in [-0.2, 0) is 16.6 Å². The van der Waals surface area contributed by atoms with Gasteiger partial charge in [0.05, 0.1) is 6.61 Å². The van der Waals surface area contributed by atoms with Crippen LogP contribution in [0, 0.1) is 0 Å². The Morgan fingerprint density at radius 2 is 1.60 bits per heavy atom. The summed E-state index contributed by atoms with van der Waals surface area (Å²) in [6, 6.07) is 25.4. The third-order valence-corrected chi connectivity index (χ3v) is 4.67. The van der Waals surface area contributed by atoms with Gasteiger partial charge in [0.1, 0.15) is 11.5 Å². The molecule has 0 saturated heterocycles. The van der Waals surface area contributed by atoms with E-state index in [9.17, 15) is 4.79 Å². The summed E-state index contributed by atoms with van der Waals surface area (Å²) in [5.41, 5.74) is 2.93. The highest BCUT2D eigenvalue weighted by atomic mass is 16.5. The second kappa shape index (κ2) is 9.97. The van der Waals surface area contributed by atoms with E-state index in [2.05, 4.69) is 38.2 Å². The Labute approximate surface area is 178 Å². The van der Waals surface area contributed by atoms with Gasteiger partial charge >= 0.3 is 0 Å². The fraction of sp³-hybridized carbons (Fsp3) is 0.269. The molecule has 0 atom stereocenters. The van der Waals surface area contributed by atoms with Crippen molar-refractivity contribution in [1.82, 2.24) is 0 Å². The number of hydrogen-bond donors (Lipinski definition) is 1. The summed E-state index contributed by atoms with van der Waals surface area (Å²) in [5, 5.41) is 2.87. The van der Waals surface area contributed by atoms with Crippen molar-refractivity contribution in [1.29, 1.82) is 0 Å². The number of benzene rings is 3. The third kappa shape index (κ3) is 6.38. The lowest BCUT2D eigenvalue weighted by Gasteiger charge is -2.22. The van der Waals surface area contributed by atoms with Gasteiger partial charge in [-0.3, -0.25) is 4.79 Å². The molecular formula is C26H29NO3. The zero-order chi connectivity index (χ0) is 21.4. The van der Waals surface area contributed by atoms with Gasteiger partial charge in [0, 0.05) is 18.2 Å². The summed E-state index contributed by atoms with van der Waals surface area (Å²) in [6.45, 7) is 6.90. The van der Waals surface area contributed by atoms with Crippen LogP contribution in [0.25, 0.3) is 0 Å². The molecule has 4 heteroatoms. The first-order valence-corrected chi connectivity index (χ1v) is 10.2. The van der Waals surface area contributed by atoms with Crippen LogP contribution in [-0.4, -0.2) is 19.1 Å². The van der Waals surface area contributed by atoms with Gasteiger partial charge < -0.3 is 14.8 Å². The second-order valence-corrected chi connectivity index (χ2v) is 8.19. The summed E-state index contributed by atoms with van der Waals surface area (Å²) >= 11 is 0. The van der Waals surface area contributed by atoms with E-state index < -0.39 is 0 Å². The normalized spacial score (nSPS) is 11.0. The Morgan fingerprint density at radius 1 is 0.867 bits per heavy atom. The number of carbonyl (C=O) groups excluding carboxylic acids is 1. The van der Waals surface area contributed by atoms with Crippen molar-refractivity contribution in [3.8, 4) is 11.5 Å². The molecule has 0 aliphatic heterocycles. The molecule has 3 aromatic carbocycles. The summed E-state index contributed by atoms with van der Waals surface area (Å²) in [4.78, 5) is 12.4. The van der Waals surface area contributed by atoms with Crippen LogP contribution in [0.5, 0.6) is 11.5 Å². The number of hydrogen-bond acceptors (Lipinski definition) is 3. The molecular weight excluding hydrogens is 374 g/mol. The third-order valence-electron chi connectivity index (χ3n) is 4.67. The minimum Gasteiger partial charge on any atom is -0.493 e. The molecule has 0 fully saturated rings. The minimum atomic E-state index is -0.208. The summed E-state index contributed by atoms with van der Waals surface area (Å²) < 4.78 is 11.6. The quantitative estimate of drug-likeness (QED) is 0.531. The lowest BCUT2D eigenvalue weighted by molar-refractivity contribution is -0.118. The molecule has 0 spiro atoms. The molecule has 1 N–H and O–H groups in total. The van der Waals surface area contributed by atoms with Crippen LogP contribution >= 0.6 is 0 Å². The van der Waals surface area contributed by atoms with E-state index in [1.807, 2.05) is 66.7 Å². The van der Waals surface area contributed by atoms with Crippen molar-refractivity contribution in [2.24, 2.45) is 0 Å². The summed E-state index contributed by atoms with van der Waals surface area (Å²) in [6.07, 6.45) is 0.832. The molecule has 0 unspecified atom stereocenters. The van der Waals surface area contributed by atoms with E-state index in [4.69, 9.17) is 9.47 Å².